The van der Waals surface area contributed by atoms with Gasteiger partial charge in [0.25, 0.3) is 0 Å². The van der Waals surface area contributed by atoms with Crippen molar-refractivity contribution in [2.75, 3.05) is 6.54 Å². The molecule has 3 nitrogen and oxygen atoms in total. The number of aryl methyl sites for hydroxylation is 1. The Hall–Kier alpha value is -1.30. The largest absolute Gasteiger partial charge is 0.333 e. The molecule has 3 rings (SSSR count). The van der Waals surface area contributed by atoms with E-state index in [2.05, 4.69) is 57.1 Å². The van der Waals surface area contributed by atoms with Crippen molar-refractivity contribution in [1.29, 1.82) is 0 Å². The van der Waals surface area contributed by atoms with Gasteiger partial charge in [0.1, 0.15) is 0 Å². The van der Waals surface area contributed by atoms with Crippen molar-refractivity contribution in [3.05, 3.63) is 58.1 Å². The van der Waals surface area contributed by atoms with Gasteiger partial charge in [0.2, 0.25) is 0 Å². The van der Waals surface area contributed by atoms with Crippen molar-refractivity contribution < 1.29 is 0 Å². The Morgan fingerprint density at radius 1 is 1.29 bits per heavy atom. The van der Waals surface area contributed by atoms with Gasteiger partial charge in [-0.1, -0.05) is 45.9 Å². The Morgan fingerprint density at radius 3 is 2.90 bits per heavy atom. The quantitative estimate of drug-likeness (QED) is 0.676. The number of aromatic amines is 1. The third-order valence-corrected chi connectivity index (χ3v) is 4.96. The molecular formula is C16H16BrN3S. The van der Waals surface area contributed by atoms with Crippen LogP contribution in [0.3, 0.4) is 0 Å². The van der Waals surface area contributed by atoms with E-state index in [9.17, 15) is 0 Å². The van der Waals surface area contributed by atoms with E-state index in [0.717, 1.165) is 20.7 Å². The molecule has 0 bridgehead atoms. The summed E-state index contributed by atoms with van der Waals surface area (Å²) in [7, 11) is 0. The molecule has 0 saturated carbocycles. The number of hydrogen-bond acceptors (Lipinski definition) is 3. The molecule has 0 fully saturated rings. The van der Waals surface area contributed by atoms with Crippen molar-refractivity contribution >= 4 is 38.7 Å². The molecule has 108 valence electrons. The molecule has 1 aromatic heterocycles. The van der Waals surface area contributed by atoms with Crippen LogP contribution >= 0.6 is 27.7 Å². The summed E-state index contributed by atoms with van der Waals surface area (Å²) in [4.78, 5) is 8.00. The fourth-order valence-corrected chi connectivity index (χ4v) is 3.64. The van der Waals surface area contributed by atoms with Crippen LogP contribution in [0.4, 0.5) is 0 Å². The zero-order chi connectivity index (χ0) is 14.8. The number of nitrogens with zero attached hydrogens (tertiary/aromatic N) is 1. The van der Waals surface area contributed by atoms with E-state index >= 15 is 0 Å². The van der Waals surface area contributed by atoms with Crippen LogP contribution in [0.15, 0.2) is 52.1 Å². The maximum Gasteiger partial charge on any atom is 0.167 e. The lowest BCUT2D eigenvalue weighted by Crippen LogP contribution is -2.09. The lowest BCUT2D eigenvalue weighted by Gasteiger charge is -2.13. The summed E-state index contributed by atoms with van der Waals surface area (Å²) in [5.41, 5.74) is 10.4. The fraction of sp³-hybridized carbons (Fsp3) is 0.188. The van der Waals surface area contributed by atoms with E-state index in [0.29, 0.717) is 6.54 Å². The summed E-state index contributed by atoms with van der Waals surface area (Å²) in [5.74, 6) is 0. The second-order valence-corrected chi connectivity index (χ2v) is 7.07. The van der Waals surface area contributed by atoms with Gasteiger partial charge in [0, 0.05) is 16.3 Å². The van der Waals surface area contributed by atoms with Crippen molar-refractivity contribution in [2.24, 2.45) is 5.73 Å². The first-order valence-electron chi connectivity index (χ1n) is 6.74. The van der Waals surface area contributed by atoms with Gasteiger partial charge in [-0.15, -0.1) is 0 Å². The Morgan fingerprint density at radius 2 is 2.14 bits per heavy atom. The predicted octanol–water partition coefficient (Wildman–Crippen LogP) is 4.43. The summed E-state index contributed by atoms with van der Waals surface area (Å²) in [6.45, 7) is 2.65. The van der Waals surface area contributed by atoms with E-state index in [4.69, 9.17) is 5.73 Å². The highest BCUT2D eigenvalue weighted by molar-refractivity contribution is 9.10. The third-order valence-electron chi connectivity index (χ3n) is 3.30. The van der Waals surface area contributed by atoms with Crippen molar-refractivity contribution in [3.8, 4) is 0 Å². The van der Waals surface area contributed by atoms with E-state index in [1.807, 2.05) is 18.2 Å². The molecule has 1 unspecified atom stereocenters. The number of aromatic nitrogens is 2. The first-order chi connectivity index (χ1) is 10.2. The Labute approximate surface area is 136 Å². The molecule has 0 saturated heterocycles. The van der Waals surface area contributed by atoms with Gasteiger partial charge < -0.3 is 10.7 Å². The number of H-pyrrole nitrogens is 1. The third kappa shape index (κ3) is 3.31. The fourth-order valence-electron chi connectivity index (χ4n) is 2.25. The van der Waals surface area contributed by atoms with Crippen LogP contribution in [-0.2, 0) is 0 Å². The number of benzene rings is 2. The molecule has 2 aromatic carbocycles. The first-order valence-corrected chi connectivity index (χ1v) is 8.41. The van der Waals surface area contributed by atoms with Gasteiger partial charge >= 0.3 is 0 Å². The lowest BCUT2D eigenvalue weighted by atomic mass is 10.1. The SMILES string of the molecule is Cc1ccc2nc(SC(CN)c3cccc(Br)c3)[nH]c2c1. The summed E-state index contributed by atoms with van der Waals surface area (Å²) in [5, 5.41) is 1.09. The molecule has 5 heteroatoms. The zero-order valence-electron chi connectivity index (χ0n) is 11.6. The predicted molar refractivity (Wildman–Crippen MR) is 92.6 cm³/mol. The van der Waals surface area contributed by atoms with Gasteiger partial charge in [-0.3, -0.25) is 0 Å². The minimum atomic E-state index is 0.184. The maximum absolute atomic E-state index is 5.94. The molecule has 0 amide bonds. The van der Waals surface area contributed by atoms with Gasteiger partial charge in [-0.05, 0) is 42.3 Å². The minimum absolute atomic E-state index is 0.184. The number of hydrogen-bond donors (Lipinski definition) is 2. The topological polar surface area (TPSA) is 54.7 Å². The van der Waals surface area contributed by atoms with E-state index < -0.39 is 0 Å². The molecule has 1 atom stereocenters. The molecule has 21 heavy (non-hydrogen) atoms. The maximum atomic E-state index is 5.94. The van der Waals surface area contributed by atoms with Crippen LogP contribution in [0, 0.1) is 6.92 Å². The minimum Gasteiger partial charge on any atom is -0.333 e. The molecule has 0 aliphatic rings. The summed E-state index contributed by atoms with van der Waals surface area (Å²) >= 11 is 5.18. The van der Waals surface area contributed by atoms with Crippen LogP contribution < -0.4 is 5.73 Å². The normalized spacial score (nSPS) is 12.7. The standard InChI is InChI=1S/C16H16BrN3S/c1-10-5-6-13-14(7-10)20-16(19-13)21-15(9-18)11-3-2-4-12(17)8-11/h2-8,15H,9,18H2,1H3,(H,19,20). The van der Waals surface area contributed by atoms with Crippen LogP contribution in [0.2, 0.25) is 0 Å². The van der Waals surface area contributed by atoms with E-state index in [1.54, 1.807) is 11.8 Å². The Balaban J connectivity index is 1.88. The number of halogens is 1. The molecule has 0 radical (unpaired) electrons. The van der Waals surface area contributed by atoms with Crippen LogP contribution in [0.5, 0.6) is 0 Å². The second kappa shape index (κ2) is 6.22. The highest BCUT2D eigenvalue weighted by Gasteiger charge is 2.14. The summed E-state index contributed by atoms with van der Waals surface area (Å²) in [6.07, 6.45) is 0. The van der Waals surface area contributed by atoms with Gasteiger partial charge in [-0.2, -0.15) is 0 Å². The summed E-state index contributed by atoms with van der Waals surface area (Å²) < 4.78 is 1.07. The van der Waals surface area contributed by atoms with Gasteiger partial charge in [-0.25, -0.2) is 4.98 Å². The number of imidazole rings is 1. The number of nitrogens with two attached hydrogens (primary N) is 1. The van der Waals surface area contributed by atoms with Crippen molar-refractivity contribution in [3.63, 3.8) is 0 Å². The monoisotopic (exact) mass is 361 g/mol. The van der Waals surface area contributed by atoms with Gasteiger partial charge in [0.15, 0.2) is 5.16 Å². The van der Waals surface area contributed by atoms with Crippen molar-refractivity contribution in [1.82, 2.24) is 9.97 Å². The van der Waals surface area contributed by atoms with E-state index in [1.165, 1.54) is 11.1 Å². The highest BCUT2D eigenvalue weighted by Crippen LogP contribution is 2.34. The van der Waals surface area contributed by atoms with Crippen LogP contribution in [0.25, 0.3) is 11.0 Å². The van der Waals surface area contributed by atoms with Crippen LogP contribution in [-0.4, -0.2) is 16.5 Å². The zero-order valence-corrected chi connectivity index (χ0v) is 14.0. The Bertz CT molecular complexity index is 769. The molecular weight excluding hydrogens is 346 g/mol. The number of thioether (sulfide) groups is 1. The smallest absolute Gasteiger partial charge is 0.167 e. The average Bonchev–Trinajstić information content (AvgIpc) is 2.86. The second-order valence-electron chi connectivity index (χ2n) is 4.96. The number of nitrogens with one attached hydrogen (secondary N) is 1. The Kier molecular flexibility index (Phi) is 4.33. The molecule has 0 spiro atoms. The highest BCUT2D eigenvalue weighted by atomic mass is 79.9. The first kappa shape index (κ1) is 14.6. The molecule has 3 N–H and O–H groups in total. The molecule has 3 aromatic rings. The molecule has 0 aliphatic carbocycles. The van der Waals surface area contributed by atoms with Gasteiger partial charge in [0.05, 0.1) is 11.0 Å². The van der Waals surface area contributed by atoms with E-state index in [-0.39, 0.29) is 5.25 Å². The number of rotatable bonds is 4. The van der Waals surface area contributed by atoms with Crippen molar-refractivity contribution in [2.45, 2.75) is 17.3 Å². The molecule has 1 heterocycles. The summed E-state index contributed by atoms with van der Waals surface area (Å²) in [6, 6.07) is 14.5. The lowest BCUT2D eigenvalue weighted by molar-refractivity contribution is 0.928. The average molecular weight is 362 g/mol. The van der Waals surface area contributed by atoms with Crippen LogP contribution in [0.1, 0.15) is 16.4 Å². The number of fused-ring (bicyclic) bond motifs is 1. The molecule has 0 aliphatic heterocycles.